The van der Waals surface area contributed by atoms with Gasteiger partial charge in [0.1, 0.15) is 6.61 Å². The van der Waals surface area contributed by atoms with E-state index in [9.17, 15) is 15.0 Å². The third kappa shape index (κ3) is 3.75. The predicted molar refractivity (Wildman–Crippen MR) is 98.7 cm³/mol. The monoisotopic (exact) mass is 359 g/mol. The first-order valence-corrected chi connectivity index (χ1v) is 8.35. The molecule has 2 N–H and O–H groups in total. The summed E-state index contributed by atoms with van der Waals surface area (Å²) in [5.74, 6) is -1.44. The van der Waals surface area contributed by atoms with E-state index in [1.54, 1.807) is 0 Å². The van der Waals surface area contributed by atoms with Crippen LogP contribution in [0.5, 0.6) is 17.2 Å². The van der Waals surface area contributed by atoms with E-state index in [1.165, 1.54) is 13.2 Å². The van der Waals surface area contributed by atoms with Crippen molar-refractivity contribution in [2.75, 3.05) is 27.8 Å². The molecule has 6 nitrogen and oxygen atoms in total. The Morgan fingerprint density at radius 1 is 1.15 bits per heavy atom. The zero-order valence-corrected chi connectivity index (χ0v) is 15.5. The lowest BCUT2D eigenvalue weighted by molar-refractivity contribution is 0.0119. The van der Waals surface area contributed by atoms with Crippen LogP contribution in [0.2, 0.25) is 0 Å². The van der Waals surface area contributed by atoms with Crippen molar-refractivity contribution in [2.24, 2.45) is 0 Å². The summed E-state index contributed by atoms with van der Waals surface area (Å²) in [6.07, 6.45) is 0.738. The number of ether oxygens (including phenoxy) is 2. The van der Waals surface area contributed by atoms with E-state index < -0.39 is 23.0 Å². The lowest BCUT2D eigenvalue weighted by atomic mass is 9.87. The number of aromatic hydroxyl groups is 2. The summed E-state index contributed by atoms with van der Waals surface area (Å²) in [4.78, 5) is 14.5. The van der Waals surface area contributed by atoms with E-state index in [4.69, 9.17) is 9.47 Å². The number of benzene rings is 2. The second kappa shape index (κ2) is 8.10. The number of nitrogens with zero attached hydrogens (tertiary/aromatic N) is 1. The summed E-state index contributed by atoms with van der Waals surface area (Å²) in [6.45, 7) is 2.18. The number of hydrogen-bond acceptors (Lipinski definition) is 6. The van der Waals surface area contributed by atoms with Crippen molar-refractivity contribution in [1.82, 2.24) is 4.90 Å². The normalized spacial score (nSPS) is 13.3. The van der Waals surface area contributed by atoms with Gasteiger partial charge in [-0.1, -0.05) is 37.3 Å². The van der Waals surface area contributed by atoms with Gasteiger partial charge in [0.15, 0.2) is 11.5 Å². The van der Waals surface area contributed by atoms with E-state index in [2.05, 4.69) is 0 Å². The first kappa shape index (κ1) is 19.6. The molecule has 1 atom stereocenters. The molecule has 0 saturated carbocycles. The van der Waals surface area contributed by atoms with Gasteiger partial charge in [-0.15, -0.1) is 0 Å². The molecule has 0 amide bonds. The number of likely N-dealkylation sites (N-methyl/N-ethyl adjacent to an activating group) is 1. The molecule has 2 aromatic carbocycles. The molecule has 2 aromatic rings. The van der Waals surface area contributed by atoms with Gasteiger partial charge in [-0.05, 0) is 38.2 Å². The molecule has 0 aliphatic carbocycles. The number of carbonyl (C=O) groups is 1. The molecule has 140 valence electrons. The van der Waals surface area contributed by atoms with Crippen LogP contribution in [0, 0.1) is 0 Å². The Morgan fingerprint density at radius 2 is 1.81 bits per heavy atom. The molecule has 0 bridgehead atoms. The third-order valence-corrected chi connectivity index (χ3v) is 4.70. The van der Waals surface area contributed by atoms with Gasteiger partial charge < -0.3 is 19.7 Å². The molecule has 0 radical (unpaired) electrons. The molecule has 2 rings (SSSR count). The maximum Gasteiger partial charge on any atom is 0.338 e. The third-order valence-electron chi connectivity index (χ3n) is 4.70. The minimum absolute atomic E-state index is 0.00868. The van der Waals surface area contributed by atoms with Crippen molar-refractivity contribution in [3.05, 3.63) is 53.6 Å². The summed E-state index contributed by atoms with van der Waals surface area (Å²) >= 11 is 0. The largest absolute Gasteiger partial charge is 0.504 e. The van der Waals surface area contributed by atoms with Crippen molar-refractivity contribution in [3.63, 3.8) is 0 Å². The van der Waals surface area contributed by atoms with Gasteiger partial charge in [0, 0.05) is 0 Å². The molecule has 0 saturated heterocycles. The highest BCUT2D eigenvalue weighted by Crippen LogP contribution is 2.37. The highest BCUT2D eigenvalue weighted by atomic mass is 16.5. The van der Waals surface area contributed by atoms with Crippen LogP contribution >= 0.6 is 0 Å². The molecule has 1 unspecified atom stereocenters. The lowest BCUT2D eigenvalue weighted by Gasteiger charge is -2.39. The highest BCUT2D eigenvalue weighted by Gasteiger charge is 2.34. The van der Waals surface area contributed by atoms with E-state index in [-0.39, 0.29) is 17.9 Å². The molecule has 0 fully saturated rings. The van der Waals surface area contributed by atoms with Crippen LogP contribution in [0.1, 0.15) is 29.3 Å². The number of rotatable bonds is 7. The average Bonchev–Trinajstić information content (AvgIpc) is 2.65. The quantitative estimate of drug-likeness (QED) is 0.584. The molecule has 0 aliphatic rings. The van der Waals surface area contributed by atoms with Gasteiger partial charge in [-0.2, -0.15) is 0 Å². The summed E-state index contributed by atoms with van der Waals surface area (Å²) in [7, 11) is 5.23. The second-order valence-electron chi connectivity index (χ2n) is 6.27. The minimum atomic E-state index is -0.603. The molecule has 0 heterocycles. The van der Waals surface area contributed by atoms with Crippen LogP contribution in [0.15, 0.2) is 42.5 Å². The van der Waals surface area contributed by atoms with Gasteiger partial charge in [0.05, 0.1) is 18.2 Å². The number of phenols is 2. The average molecular weight is 359 g/mol. The Morgan fingerprint density at radius 3 is 2.35 bits per heavy atom. The van der Waals surface area contributed by atoms with Crippen molar-refractivity contribution in [3.8, 4) is 17.2 Å². The number of carbonyl (C=O) groups excluding carboxylic acids is 1. The van der Waals surface area contributed by atoms with Crippen LogP contribution < -0.4 is 4.74 Å². The topological polar surface area (TPSA) is 79.2 Å². The number of methoxy groups -OCH3 is 1. The fourth-order valence-electron chi connectivity index (χ4n) is 2.98. The number of esters is 1. The summed E-state index contributed by atoms with van der Waals surface area (Å²) < 4.78 is 10.5. The summed E-state index contributed by atoms with van der Waals surface area (Å²) in [5, 5.41) is 19.4. The van der Waals surface area contributed by atoms with Crippen molar-refractivity contribution in [1.29, 1.82) is 0 Å². The van der Waals surface area contributed by atoms with Gasteiger partial charge in [-0.25, -0.2) is 4.79 Å². The maximum atomic E-state index is 12.5. The number of phenolic OH excluding ortho intramolecular Hbond substituents is 2. The van der Waals surface area contributed by atoms with Gasteiger partial charge in [-0.3, -0.25) is 4.90 Å². The van der Waals surface area contributed by atoms with Crippen LogP contribution in [0.3, 0.4) is 0 Å². The highest BCUT2D eigenvalue weighted by molar-refractivity contribution is 5.91. The van der Waals surface area contributed by atoms with Gasteiger partial charge in [0.2, 0.25) is 5.75 Å². The van der Waals surface area contributed by atoms with E-state index >= 15 is 0 Å². The summed E-state index contributed by atoms with van der Waals surface area (Å²) in [5.41, 5.74) is 0.681. The Kier molecular flexibility index (Phi) is 6.10. The zero-order chi connectivity index (χ0) is 19.3. The smallest absolute Gasteiger partial charge is 0.338 e. The Hall–Kier alpha value is -2.73. The standard InChI is InChI=1S/C20H25NO5/c1-5-20(21(2)3,15-9-7-6-8-10-15)13-26-19(24)14-11-16(22)18(23)17(12-14)25-4/h6-12,22-23H,5,13H2,1-4H3. The fourth-order valence-corrected chi connectivity index (χ4v) is 2.98. The van der Waals surface area contributed by atoms with Crippen LogP contribution in [-0.2, 0) is 10.3 Å². The first-order chi connectivity index (χ1) is 12.4. The Labute approximate surface area is 153 Å². The summed E-state index contributed by atoms with van der Waals surface area (Å²) in [6, 6.07) is 12.4. The van der Waals surface area contributed by atoms with Crippen molar-refractivity contribution >= 4 is 5.97 Å². The van der Waals surface area contributed by atoms with Crippen LogP contribution in [0.25, 0.3) is 0 Å². The molecule has 26 heavy (non-hydrogen) atoms. The molecule has 0 aromatic heterocycles. The lowest BCUT2D eigenvalue weighted by Crippen LogP contribution is -2.45. The van der Waals surface area contributed by atoms with E-state index in [0.29, 0.717) is 0 Å². The predicted octanol–water partition coefficient (Wildman–Crippen LogP) is 3.13. The minimum Gasteiger partial charge on any atom is -0.504 e. The van der Waals surface area contributed by atoms with Crippen LogP contribution in [-0.4, -0.2) is 48.9 Å². The van der Waals surface area contributed by atoms with Crippen LogP contribution in [0.4, 0.5) is 0 Å². The van der Waals surface area contributed by atoms with E-state index in [0.717, 1.165) is 18.1 Å². The van der Waals surface area contributed by atoms with Crippen molar-refractivity contribution in [2.45, 2.75) is 18.9 Å². The maximum absolute atomic E-state index is 12.5. The second-order valence-corrected chi connectivity index (χ2v) is 6.27. The van der Waals surface area contributed by atoms with E-state index in [1.807, 2.05) is 56.3 Å². The fraction of sp³-hybridized carbons (Fsp3) is 0.350. The van der Waals surface area contributed by atoms with Crippen molar-refractivity contribution < 1.29 is 24.5 Å². The number of hydrogen-bond donors (Lipinski definition) is 2. The molecular weight excluding hydrogens is 334 g/mol. The molecule has 0 spiro atoms. The zero-order valence-electron chi connectivity index (χ0n) is 15.5. The Balaban J connectivity index is 2.27. The SMILES string of the molecule is CCC(COC(=O)c1cc(O)c(O)c(OC)c1)(c1ccccc1)N(C)C. The molecular formula is C20H25NO5. The van der Waals surface area contributed by atoms with Gasteiger partial charge >= 0.3 is 5.97 Å². The van der Waals surface area contributed by atoms with Gasteiger partial charge in [0.25, 0.3) is 0 Å². The molecule has 0 aliphatic heterocycles. The first-order valence-electron chi connectivity index (χ1n) is 8.35. The molecule has 6 heteroatoms. The Bertz CT molecular complexity index is 760.